The highest BCUT2D eigenvalue weighted by Crippen LogP contribution is 2.30. The zero-order valence-electron chi connectivity index (χ0n) is 15.1. The standard InChI is InChI=1S/C19H15Cl2F2N3O3/c1-2-26-12(9-25-8-11(7-24-25)18(22)23)6-15(27)16(19(28)29)17(26)10-3-4-13(20)14(21)5-10/h3-8,18H,2,9H2,1H3,(H,28,29). The van der Waals surface area contributed by atoms with Crippen molar-refractivity contribution in [3.8, 4) is 11.3 Å². The Kier molecular flexibility index (Phi) is 6.04. The first kappa shape index (κ1) is 21.0. The second-order valence-corrected chi connectivity index (χ2v) is 6.99. The summed E-state index contributed by atoms with van der Waals surface area (Å²) in [5.41, 5.74) is -0.411. The van der Waals surface area contributed by atoms with E-state index in [9.17, 15) is 23.5 Å². The van der Waals surface area contributed by atoms with Crippen LogP contribution in [-0.2, 0) is 13.1 Å². The molecule has 0 fully saturated rings. The first-order chi connectivity index (χ1) is 13.7. The lowest BCUT2D eigenvalue weighted by molar-refractivity contribution is 0.0695. The Bertz CT molecular complexity index is 1140. The van der Waals surface area contributed by atoms with Crippen LogP contribution in [0.1, 0.15) is 35.0 Å². The number of alkyl halides is 2. The van der Waals surface area contributed by atoms with Crippen LogP contribution in [-0.4, -0.2) is 25.4 Å². The number of aromatic carboxylic acids is 1. The maximum atomic E-state index is 12.8. The van der Waals surface area contributed by atoms with Crippen LogP contribution >= 0.6 is 23.2 Å². The minimum atomic E-state index is -2.67. The predicted molar refractivity (Wildman–Crippen MR) is 105 cm³/mol. The fourth-order valence-electron chi connectivity index (χ4n) is 3.08. The maximum Gasteiger partial charge on any atom is 0.341 e. The second-order valence-electron chi connectivity index (χ2n) is 6.17. The van der Waals surface area contributed by atoms with Crippen LogP contribution in [0.3, 0.4) is 0 Å². The van der Waals surface area contributed by atoms with Crippen LogP contribution in [0.25, 0.3) is 11.3 Å². The van der Waals surface area contributed by atoms with E-state index in [1.807, 2.05) is 0 Å². The molecule has 1 aromatic carbocycles. The molecule has 0 unspecified atom stereocenters. The van der Waals surface area contributed by atoms with Gasteiger partial charge in [0.15, 0.2) is 5.43 Å². The van der Waals surface area contributed by atoms with Crippen LogP contribution in [0.15, 0.2) is 41.5 Å². The SMILES string of the molecule is CCn1c(Cn2cc(C(F)F)cn2)cc(=O)c(C(=O)O)c1-c1ccc(Cl)c(Cl)c1. The summed E-state index contributed by atoms with van der Waals surface area (Å²) in [6, 6.07) is 5.72. The smallest absolute Gasteiger partial charge is 0.341 e. The first-order valence-corrected chi connectivity index (χ1v) is 9.24. The molecular weight excluding hydrogens is 427 g/mol. The van der Waals surface area contributed by atoms with Gasteiger partial charge in [0.2, 0.25) is 0 Å². The molecular formula is C19H15Cl2F2N3O3. The van der Waals surface area contributed by atoms with Gasteiger partial charge in [-0.1, -0.05) is 29.3 Å². The van der Waals surface area contributed by atoms with Crippen LogP contribution in [0.4, 0.5) is 8.78 Å². The zero-order chi connectivity index (χ0) is 21.3. The summed E-state index contributed by atoms with van der Waals surface area (Å²) >= 11 is 12.0. The molecule has 0 saturated carbocycles. The van der Waals surface area contributed by atoms with Crippen molar-refractivity contribution in [2.24, 2.45) is 0 Å². The molecule has 2 aromatic heterocycles. The van der Waals surface area contributed by atoms with Crippen LogP contribution in [0, 0.1) is 0 Å². The lowest BCUT2D eigenvalue weighted by Gasteiger charge is -2.20. The molecule has 0 aliphatic rings. The molecule has 152 valence electrons. The number of carboxylic acids is 1. The molecule has 6 nitrogen and oxygen atoms in total. The molecule has 0 radical (unpaired) electrons. The normalized spacial score (nSPS) is 11.2. The fraction of sp³-hybridized carbons (Fsp3) is 0.211. The third-order valence-corrected chi connectivity index (χ3v) is 5.09. The van der Waals surface area contributed by atoms with Gasteiger partial charge >= 0.3 is 5.97 Å². The van der Waals surface area contributed by atoms with E-state index >= 15 is 0 Å². The lowest BCUT2D eigenvalue weighted by Crippen LogP contribution is -2.24. The first-order valence-electron chi connectivity index (χ1n) is 8.48. The van der Waals surface area contributed by atoms with E-state index in [2.05, 4.69) is 5.10 Å². The molecule has 0 bridgehead atoms. The Morgan fingerprint density at radius 3 is 2.52 bits per heavy atom. The lowest BCUT2D eigenvalue weighted by atomic mass is 10.0. The van der Waals surface area contributed by atoms with Crippen molar-refractivity contribution in [1.82, 2.24) is 14.3 Å². The van der Waals surface area contributed by atoms with Gasteiger partial charge in [-0.15, -0.1) is 0 Å². The summed E-state index contributed by atoms with van der Waals surface area (Å²) in [5, 5.41) is 14.0. The summed E-state index contributed by atoms with van der Waals surface area (Å²) in [7, 11) is 0. The van der Waals surface area contributed by atoms with Gasteiger partial charge in [-0.3, -0.25) is 9.48 Å². The zero-order valence-corrected chi connectivity index (χ0v) is 16.6. The molecule has 2 heterocycles. The highest BCUT2D eigenvalue weighted by molar-refractivity contribution is 6.42. The van der Waals surface area contributed by atoms with Gasteiger partial charge in [0.25, 0.3) is 6.43 Å². The summed E-state index contributed by atoms with van der Waals surface area (Å²) < 4.78 is 28.5. The van der Waals surface area contributed by atoms with Gasteiger partial charge in [-0.2, -0.15) is 5.10 Å². The van der Waals surface area contributed by atoms with Crippen molar-refractivity contribution >= 4 is 29.2 Å². The van der Waals surface area contributed by atoms with E-state index in [1.54, 1.807) is 17.6 Å². The molecule has 3 aromatic rings. The predicted octanol–water partition coefficient (Wildman–Crippen LogP) is 4.72. The minimum absolute atomic E-state index is 0.00399. The number of benzene rings is 1. The molecule has 0 amide bonds. The van der Waals surface area contributed by atoms with Crippen LogP contribution in [0.5, 0.6) is 0 Å². The fourth-order valence-corrected chi connectivity index (χ4v) is 3.38. The van der Waals surface area contributed by atoms with Gasteiger partial charge in [0, 0.05) is 30.1 Å². The molecule has 3 rings (SSSR count). The molecule has 1 N–H and O–H groups in total. The van der Waals surface area contributed by atoms with Gasteiger partial charge in [0.1, 0.15) is 5.56 Å². The van der Waals surface area contributed by atoms with Crippen molar-refractivity contribution in [3.63, 3.8) is 0 Å². The number of nitrogens with zero attached hydrogens (tertiary/aromatic N) is 3. The molecule has 0 aliphatic carbocycles. The Labute approximate surface area is 173 Å². The minimum Gasteiger partial charge on any atom is -0.477 e. The molecule has 0 saturated heterocycles. The number of rotatable bonds is 6. The largest absolute Gasteiger partial charge is 0.477 e. The quantitative estimate of drug-likeness (QED) is 0.599. The average Bonchev–Trinajstić information content (AvgIpc) is 3.12. The van der Waals surface area contributed by atoms with Crippen LogP contribution in [0.2, 0.25) is 10.0 Å². The second kappa shape index (κ2) is 8.34. The molecule has 29 heavy (non-hydrogen) atoms. The average molecular weight is 442 g/mol. The van der Waals surface area contributed by atoms with Crippen LogP contribution < -0.4 is 5.43 Å². The maximum absolute atomic E-state index is 12.8. The number of hydrogen-bond acceptors (Lipinski definition) is 3. The third kappa shape index (κ3) is 4.18. The Balaban J connectivity index is 2.22. The highest BCUT2D eigenvalue weighted by atomic mass is 35.5. The molecule has 0 spiro atoms. The summed E-state index contributed by atoms with van der Waals surface area (Å²) in [6.07, 6.45) is -0.442. The van der Waals surface area contributed by atoms with Gasteiger partial charge in [0.05, 0.1) is 34.0 Å². The van der Waals surface area contributed by atoms with E-state index in [-0.39, 0.29) is 27.8 Å². The van der Waals surface area contributed by atoms with E-state index in [0.717, 1.165) is 6.20 Å². The van der Waals surface area contributed by atoms with E-state index in [0.29, 0.717) is 17.8 Å². The molecule has 0 atom stereocenters. The number of pyridine rings is 1. The molecule has 10 heteroatoms. The Morgan fingerprint density at radius 1 is 1.24 bits per heavy atom. The topological polar surface area (TPSA) is 77.1 Å². The summed E-state index contributed by atoms with van der Waals surface area (Å²) in [4.78, 5) is 24.4. The number of aromatic nitrogens is 3. The van der Waals surface area contributed by atoms with Crippen molar-refractivity contribution in [2.45, 2.75) is 26.4 Å². The Hall–Kier alpha value is -2.71. The van der Waals surface area contributed by atoms with Gasteiger partial charge in [-0.05, 0) is 19.1 Å². The molecule has 0 aliphatic heterocycles. The third-order valence-electron chi connectivity index (χ3n) is 4.35. The van der Waals surface area contributed by atoms with E-state index in [1.165, 1.54) is 29.1 Å². The van der Waals surface area contributed by atoms with E-state index in [4.69, 9.17) is 23.2 Å². The van der Waals surface area contributed by atoms with Crippen molar-refractivity contribution in [3.05, 3.63) is 73.7 Å². The summed E-state index contributed by atoms with van der Waals surface area (Å²) in [6.45, 7) is 2.09. The number of carboxylic acid groups (broad SMARTS) is 1. The number of hydrogen-bond donors (Lipinski definition) is 1. The van der Waals surface area contributed by atoms with Crippen molar-refractivity contribution in [2.75, 3.05) is 0 Å². The van der Waals surface area contributed by atoms with E-state index < -0.39 is 23.4 Å². The monoisotopic (exact) mass is 441 g/mol. The van der Waals surface area contributed by atoms with Crippen molar-refractivity contribution in [1.29, 1.82) is 0 Å². The Morgan fingerprint density at radius 2 is 1.97 bits per heavy atom. The van der Waals surface area contributed by atoms with Gasteiger partial charge in [-0.25, -0.2) is 13.6 Å². The number of carbonyl (C=O) groups is 1. The van der Waals surface area contributed by atoms with Gasteiger partial charge < -0.3 is 9.67 Å². The van der Waals surface area contributed by atoms with Crippen molar-refractivity contribution < 1.29 is 18.7 Å². The summed E-state index contributed by atoms with van der Waals surface area (Å²) in [5.74, 6) is -1.39. The highest BCUT2D eigenvalue weighted by Gasteiger charge is 2.22. The number of halogens is 4.